The molecule has 3 N–H and O–H groups in total. The summed E-state index contributed by atoms with van der Waals surface area (Å²) in [7, 11) is -1.92. The molecule has 0 aromatic rings. The minimum absolute atomic E-state index is 0.0394. The molecule has 0 aliphatic carbocycles. The molecule has 0 aromatic heterocycles. The summed E-state index contributed by atoms with van der Waals surface area (Å²) < 4.78 is 11.2. The second-order valence-corrected chi connectivity index (χ2v) is 11.3. The van der Waals surface area contributed by atoms with Crippen LogP contribution in [0, 0.1) is 0 Å². The second-order valence-electron chi connectivity index (χ2n) is 6.49. The van der Waals surface area contributed by atoms with Crippen molar-refractivity contribution in [2.75, 3.05) is 6.61 Å². The van der Waals surface area contributed by atoms with Crippen molar-refractivity contribution >= 4 is 8.32 Å². The van der Waals surface area contributed by atoms with Gasteiger partial charge in [0.1, 0.15) is 12.2 Å². The lowest BCUT2D eigenvalue weighted by Gasteiger charge is -2.40. The smallest absolute Gasteiger partial charge is 0.192 e. The summed E-state index contributed by atoms with van der Waals surface area (Å²) in [5, 5.41) is 28.9. The molecular weight excluding hydrogens is 252 g/mol. The Morgan fingerprint density at radius 1 is 1.22 bits per heavy atom. The van der Waals surface area contributed by atoms with Crippen LogP contribution in [0.25, 0.3) is 0 Å². The molecule has 108 valence electrons. The standard InChI is InChI=1S/C12H26O5Si/c1-12(2,3)18(4,5)16-7-9-11(15)8(13)6-10(14)17-9/h8-11,13-15H,6-7H2,1-5H3/t8-,9+,10+,11-/m1/s1. The Morgan fingerprint density at radius 2 is 1.78 bits per heavy atom. The number of hydrogen-bond donors (Lipinski definition) is 3. The van der Waals surface area contributed by atoms with E-state index in [4.69, 9.17) is 9.16 Å². The van der Waals surface area contributed by atoms with E-state index in [1.54, 1.807) is 0 Å². The zero-order valence-electron chi connectivity index (χ0n) is 11.9. The Labute approximate surface area is 110 Å². The molecular formula is C12H26O5Si. The van der Waals surface area contributed by atoms with Crippen LogP contribution in [0.3, 0.4) is 0 Å². The number of aliphatic hydroxyl groups excluding tert-OH is 3. The Balaban J connectivity index is 2.57. The molecule has 1 heterocycles. The van der Waals surface area contributed by atoms with Crippen molar-refractivity contribution in [2.24, 2.45) is 0 Å². The van der Waals surface area contributed by atoms with Crippen LogP contribution in [0.1, 0.15) is 27.2 Å². The van der Waals surface area contributed by atoms with Gasteiger partial charge in [0.25, 0.3) is 0 Å². The van der Waals surface area contributed by atoms with Crippen LogP contribution >= 0.6 is 0 Å². The Kier molecular flexibility index (Phi) is 4.97. The summed E-state index contributed by atoms with van der Waals surface area (Å²) in [5.41, 5.74) is 0. The van der Waals surface area contributed by atoms with Crippen molar-refractivity contribution < 1.29 is 24.5 Å². The third kappa shape index (κ3) is 3.75. The lowest BCUT2D eigenvalue weighted by molar-refractivity contribution is -0.238. The van der Waals surface area contributed by atoms with E-state index in [1.165, 1.54) is 0 Å². The molecule has 0 unspecified atom stereocenters. The molecule has 1 saturated heterocycles. The molecule has 1 aliphatic rings. The predicted molar refractivity (Wildman–Crippen MR) is 70.7 cm³/mol. The third-order valence-electron chi connectivity index (χ3n) is 3.96. The second kappa shape index (κ2) is 5.56. The van der Waals surface area contributed by atoms with Crippen molar-refractivity contribution in [1.82, 2.24) is 0 Å². The van der Waals surface area contributed by atoms with Gasteiger partial charge in [-0.3, -0.25) is 0 Å². The first-order valence-corrected chi connectivity index (χ1v) is 9.29. The van der Waals surface area contributed by atoms with E-state index in [0.717, 1.165) is 0 Å². The van der Waals surface area contributed by atoms with Gasteiger partial charge in [0.2, 0.25) is 0 Å². The summed E-state index contributed by atoms with van der Waals surface area (Å²) in [6.45, 7) is 10.8. The molecule has 1 rings (SSSR count). The van der Waals surface area contributed by atoms with Crippen LogP contribution in [0.2, 0.25) is 18.1 Å². The molecule has 1 aliphatic heterocycles. The van der Waals surface area contributed by atoms with Gasteiger partial charge in [0, 0.05) is 6.42 Å². The van der Waals surface area contributed by atoms with Gasteiger partial charge in [-0.05, 0) is 18.1 Å². The van der Waals surface area contributed by atoms with Crippen LogP contribution in [0.15, 0.2) is 0 Å². The van der Waals surface area contributed by atoms with Gasteiger partial charge in [0.15, 0.2) is 14.6 Å². The highest BCUT2D eigenvalue weighted by Gasteiger charge is 2.41. The minimum Gasteiger partial charge on any atom is -0.414 e. The lowest BCUT2D eigenvalue weighted by atomic mass is 10.0. The number of rotatable bonds is 3. The minimum atomic E-state index is -1.92. The van der Waals surface area contributed by atoms with Gasteiger partial charge >= 0.3 is 0 Å². The summed E-state index contributed by atoms with van der Waals surface area (Å²) in [6, 6.07) is 0. The van der Waals surface area contributed by atoms with E-state index in [2.05, 4.69) is 33.9 Å². The Bertz CT molecular complexity index is 276. The van der Waals surface area contributed by atoms with Crippen molar-refractivity contribution in [3.05, 3.63) is 0 Å². The third-order valence-corrected chi connectivity index (χ3v) is 8.47. The molecule has 0 bridgehead atoms. The number of aliphatic hydroxyl groups is 3. The van der Waals surface area contributed by atoms with E-state index in [9.17, 15) is 15.3 Å². The maximum absolute atomic E-state index is 9.80. The molecule has 5 nitrogen and oxygen atoms in total. The maximum atomic E-state index is 9.80. The molecule has 0 saturated carbocycles. The number of hydrogen-bond acceptors (Lipinski definition) is 5. The average molecular weight is 278 g/mol. The van der Waals surface area contributed by atoms with Gasteiger partial charge in [-0.15, -0.1) is 0 Å². The largest absolute Gasteiger partial charge is 0.414 e. The first kappa shape index (κ1) is 16.1. The molecule has 6 heteroatoms. The molecule has 0 spiro atoms. The molecule has 0 aromatic carbocycles. The fourth-order valence-corrected chi connectivity index (χ4v) is 2.59. The summed E-state index contributed by atoms with van der Waals surface area (Å²) in [4.78, 5) is 0. The van der Waals surface area contributed by atoms with Crippen molar-refractivity contribution in [2.45, 2.75) is 69.9 Å². The number of ether oxygens (including phenoxy) is 1. The van der Waals surface area contributed by atoms with Gasteiger partial charge in [0.05, 0.1) is 12.7 Å². The van der Waals surface area contributed by atoms with E-state index in [1.807, 2.05) is 0 Å². The first-order chi connectivity index (χ1) is 8.04. The SMILES string of the molecule is CC(C)(C)[Si](C)(C)OC[C@@H]1O[C@H](O)C[C@@H](O)[C@H]1O. The van der Waals surface area contributed by atoms with Crippen LogP contribution in [0.4, 0.5) is 0 Å². The molecule has 18 heavy (non-hydrogen) atoms. The zero-order chi connectivity index (χ0) is 14.1. The molecule has 0 amide bonds. The highest BCUT2D eigenvalue weighted by molar-refractivity contribution is 6.74. The Hall–Kier alpha value is 0.0169. The lowest BCUT2D eigenvalue weighted by Crippen LogP contribution is -2.52. The van der Waals surface area contributed by atoms with Gasteiger partial charge in [-0.25, -0.2) is 0 Å². The monoisotopic (exact) mass is 278 g/mol. The highest BCUT2D eigenvalue weighted by atomic mass is 28.4. The van der Waals surface area contributed by atoms with E-state index < -0.39 is 32.9 Å². The Morgan fingerprint density at radius 3 is 2.28 bits per heavy atom. The fraction of sp³-hybridized carbons (Fsp3) is 1.00. The topological polar surface area (TPSA) is 79.2 Å². The van der Waals surface area contributed by atoms with Gasteiger partial charge in [-0.1, -0.05) is 20.8 Å². The van der Waals surface area contributed by atoms with Crippen molar-refractivity contribution in [3.63, 3.8) is 0 Å². The summed E-state index contributed by atoms with van der Waals surface area (Å²) in [6.07, 6.45) is -3.62. The van der Waals surface area contributed by atoms with E-state index >= 15 is 0 Å². The normalized spacial score (nSPS) is 34.7. The van der Waals surface area contributed by atoms with Gasteiger partial charge in [-0.2, -0.15) is 0 Å². The maximum Gasteiger partial charge on any atom is 0.192 e. The van der Waals surface area contributed by atoms with Crippen LogP contribution in [0.5, 0.6) is 0 Å². The molecule has 4 atom stereocenters. The van der Waals surface area contributed by atoms with E-state index in [0.29, 0.717) is 0 Å². The van der Waals surface area contributed by atoms with Crippen molar-refractivity contribution in [1.29, 1.82) is 0 Å². The van der Waals surface area contributed by atoms with Crippen LogP contribution in [-0.2, 0) is 9.16 Å². The van der Waals surface area contributed by atoms with Gasteiger partial charge < -0.3 is 24.5 Å². The van der Waals surface area contributed by atoms with Crippen LogP contribution in [-0.4, -0.2) is 54.8 Å². The average Bonchev–Trinajstić information content (AvgIpc) is 2.19. The quantitative estimate of drug-likeness (QED) is 0.667. The molecule has 0 radical (unpaired) electrons. The highest BCUT2D eigenvalue weighted by Crippen LogP contribution is 2.37. The molecule has 1 fully saturated rings. The summed E-state index contributed by atoms with van der Waals surface area (Å²) in [5.74, 6) is 0. The summed E-state index contributed by atoms with van der Waals surface area (Å²) >= 11 is 0. The van der Waals surface area contributed by atoms with Crippen molar-refractivity contribution in [3.8, 4) is 0 Å². The zero-order valence-corrected chi connectivity index (χ0v) is 12.9. The fourth-order valence-electron chi connectivity index (χ4n) is 1.58. The van der Waals surface area contributed by atoms with Crippen LogP contribution < -0.4 is 0 Å². The van der Waals surface area contributed by atoms with E-state index in [-0.39, 0.29) is 18.1 Å². The first-order valence-electron chi connectivity index (χ1n) is 6.38. The predicted octanol–water partition coefficient (Wildman–Crippen LogP) is 0.837.